The second-order valence-corrected chi connectivity index (χ2v) is 11.7. The minimum absolute atomic E-state index is 0.268. The van der Waals surface area contributed by atoms with Crippen LogP contribution in [-0.4, -0.2) is 34.9 Å². The Morgan fingerprint density at radius 3 is 2.42 bits per heavy atom. The maximum Gasteiger partial charge on any atom is 0.337 e. The Morgan fingerprint density at radius 2 is 1.74 bits per heavy atom. The van der Waals surface area contributed by atoms with E-state index < -0.39 is 17.7 Å². The van der Waals surface area contributed by atoms with Crippen LogP contribution in [0.25, 0.3) is 22.3 Å². The van der Waals surface area contributed by atoms with Crippen LogP contribution < -0.4 is 15.2 Å². The molecule has 0 radical (unpaired) electrons. The molecule has 1 aliphatic heterocycles. The summed E-state index contributed by atoms with van der Waals surface area (Å²) in [5.74, 6) is 0.408. The molecule has 43 heavy (non-hydrogen) atoms. The molecule has 1 unspecified atom stereocenters. The number of ether oxygens (including phenoxy) is 3. The monoisotopic (exact) mass is 584 g/mol. The van der Waals surface area contributed by atoms with Gasteiger partial charge in [0.05, 0.1) is 18.8 Å². The summed E-state index contributed by atoms with van der Waals surface area (Å²) in [4.78, 5) is 17.3. The number of fused-ring (bicyclic) bond motifs is 1. The van der Waals surface area contributed by atoms with E-state index in [1.165, 1.54) is 12.1 Å². The van der Waals surface area contributed by atoms with Gasteiger partial charge in [-0.2, -0.15) is 0 Å². The fourth-order valence-electron chi connectivity index (χ4n) is 5.41. The number of nitrogens with two attached hydrogens (primary N) is 1. The highest BCUT2D eigenvalue weighted by atomic mass is 19.1. The molecule has 0 fully saturated rings. The fraction of sp³-hybridized carbons (Fsp3) is 0.314. The van der Waals surface area contributed by atoms with Crippen molar-refractivity contribution in [3.8, 4) is 33.8 Å². The van der Waals surface area contributed by atoms with Crippen molar-refractivity contribution in [3.63, 3.8) is 0 Å². The SMILES string of the molecule is Cc1nc(N)c(-c2ccc(OCCc3ccc(F)cc3)cc2)c(-c2ccc3c(c2)CCCO3)c1C(OC(C)(C)C)C(=O)O. The Balaban J connectivity index is 1.57. The molecular weight excluding hydrogens is 547 g/mol. The van der Waals surface area contributed by atoms with E-state index in [0.29, 0.717) is 47.8 Å². The molecule has 3 aromatic carbocycles. The first-order valence-electron chi connectivity index (χ1n) is 14.4. The van der Waals surface area contributed by atoms with E-state index in [2.05, 4.69) is 11.1 Å². The predicted molar refractivity (Wildman–Crippen MR) is 165 cm³/mol. The number of carbonyl (C=O) groups is 1. The number of aryl methyl sites for hydroxylation is 2. The molecule has 0 aliphatic carbocycles. The topological polar surface area (TPSA) is 104 Å². The summed E-state index contributed by atoms with van der Waals surface area (Å²) < 4.78 is 31.1. The number of aromatic nitrogens is 1. The number of halogens is 1. The number of pyridine rings is 1. The van der Waals surface area contributed by atoms with Crippen LogP contribution in [0.15, 0.2) is 66.7 Å². The average Bonchev–Trinajstić information content (AvgIpc) is 2.96. The number of carboxylic acids is 1. The molecule has 1 aliphatic rings. The zero-order chi connectivity index (χ0) is 30.7. The van der Waals surface area contributed by atoms with Crippen molar-refractivity contribution in [2.75, 3.05) is 18.9 Å². The standard InChI is InChI=1S/C35H37FN2O5/c1-21-29(32(34(39)40)43-35(2,3)4)30(25-11-16-28-24(20-25)6-5-18-42-28)31(33(37)38-21)23-9-14-27(15-10-23)41-19-17-22-7-12-26(36)13-8-22/h7-16,20,32H,5-6,17-19H2,1-4H3,(H2,37,38)(H,39,40). The summed E-state index contributed by atoms with van der Waals surface area (Å²) >= 11 is 0. The van der Waals surface area contributed by atoms with E-state index >= 15 is 0 Å². The van der Waals surface area contributed by atoms with Crippen molar-refractivity contribution in [2.45, 2.75) is 58.7 Å². The van der Waals surface area contributed by atoms with Gasteiger partial charge in [-0.05, 0) is 99.2 Å². The third kappa shape index (κ3) is 6.97. The summed E-state index contributed by atoms with van der Waals surface area (Å²) in [7, 11) is 0. The third-order valence-corrected chi connectivity index (χ3v) is 7.32. The number of rotatable bonds is 9. The molecule has 2 heterocycles. The van der Waals surface area contributed by atoms with E-state index in [4.69, 9.17) is 19.9 Å². The third-order valence-electron chi connectivity index (χ3n) is 7.32. The highest BCUT2D eigenvalue weighted by Gasteiger charge is 2.33. The van der Waals surface area contributed by atoms with Gasteiger partial charge in [-0.3, -0.25) is 0 Å². The maximum absolute atomic E-state index is 13.2. The van der Waals surface area contributed by atoms with Crippen LogP contribution in [0, 0.1) is 12.7 Å². The molecule has 1 atom stereocenters. The fourth-order valence-corrected chi connectivity index (χ4v) is 5.41. The predicted octanol–water partition coefficient (Wildman–Crippen LogP) is 7.33. The highest BCUT2D eigenvalue weighted by molar-refractivity contribution is 5.94. The molecule has 0 spiro atoms. The van der Waals surface area contributed by atoms with Crippen molar-refractivity contribution in [1.29, 1.82) is 0 Å². The maximum atomic E-state index is 13.2. The lowest BCUT2D eigenvalue weighted by Crippen LogP contribution is -2.28. The van der Waals surface area contributed by atoms with Gasteiger partial charge in [0.1, 0.15) is 23.1 Å². The first kappa shape index (κ1) is 30.0. The Morgan fingerprint density at radius 1 is 1.05 bits per heavy atom. The number of aliphatic carboxylic acids is 1. The van der Waals surface area contributed by atoms with Gasteiger partial charge in [0.15, 0.2) is 6.10 Å². The lowest BCUT2D eigenvalue weighted by atomic mass is 9.86. The van der Waals surface area contributed by atoms with Gasteiger partial charge in [-0.15, -0.1) is 0 Å². The average molecular weight is 585 g/mol. The molecule has 0 bridgehead atoms. The van der Waals surface area contributed by atoms with Gasteiger partial charge < -0.3 is 25.1 Å². The zero-order valence-electron chi connectivity index (χ0n) is 24.9. The smallest absolute Gasteiger partial charge is 0.337 e. The Kier molecular flexibility index (Phi) is 8.69. The molecule has 4 aromatic rings. The summed E-state index contributed by atoms with van der Waals surface area (Å²) in [5, 5.41) is 10.4. The van der Waals surface area contributed by atoms with Gasteiger partial charge in [0.2, 0.25) is 0 Å². The van der Waals surface area contributed by atoms with Gasteiger partial charge >= 0.3 is 5.97 Å². The lowest BCUT2D eigenvalue weighted by molar-refractivity contribution is -0.160. The van der Waals surface area contributed by atoms with Crippen LogP contribution in [0.5, 0.6) is 11.5 Å². The molecule has 0 saturated heterocycles. The number of nitrogen functional groups attached to an aromatic ring is 1. The number of hydrogen-bond acceptors (Lipinski definition) is 6. The molecule has 0 saturated carbocycles. The number of carboxylic acid groups (broad SMARTS) is 1. The Hall–Kier alpha value is -4.43. The minimum atomic E-state index is -1.27. The van der Waals surface area contributed by atoms with Gasteiger partial charge in [-0.25, -0.2) is 14.2 Å². The molecule has 3 N–H and O–H groups in total. The molecule has 8 heteroatoms. The van der Waals surface area contributed by atoms with Gasteiger partial charge in [0, 0.05) is 28.8 Å². The van der Waals surface area contributed by atoms with E-state index in [9.17, 15) is 14.3 Å². The largest absolute Gasteiger partial charge is 0.493 e. The van der Waals surface area contributed by atoms with Crippen LogP contribution >= 0.6 is 0 Å². The first-order valence-corrected chi connectivity index (χ1v) is 14.4. The first-order chi connectivity index (χ1) is 20.5. The molecular formula is C35H37FN2O5. The summed E-state index contributed by atoms with van der Waals surface area (Å²) in [6.45, 7) is 8.34. The molecule has 1 aromatic heterocycles. The summed E-state index contributed by atoms with van der Waals surface area (Å²) in [5.41, 5.74) is 11.7. The van der Waals surface area contributed by atoms with Crippen molar-refractivity contribution < 1.29 is 28.5 Å². The highest BCUT2D eigenvalue weighted by Crippen LogP contribution is 2.45. The quantitative estimate of drug-likeness (QED) is 0.212. The second kappa shape index (κ2) is 12.4. The van der Waals surface area contributed by atoms with Crippen LogP contribution in [0.2, 0.25) is 0 Å². The van der Waals surface area contributed by atoms with Crippen LogP contribution in [0.1, 0.15) is 55.7 Å². The van der Waals surface area contributed by atoms with E-state index in [0.717, 1.165) is 40.8 Å². The summed E-state index contributed by atoms with van der Waals surface area (Å²) in [6, 6.07) is 19.8. The van der Waals surface area contributed by atoms with Crippen molar-refractivity contribution >= 4 is 11.8 Å². The molecule has 224 valence electrons. The van der Waals surface area contributed by atoms with E-state index in [1.54, 1.807) is 19.1 Å². The van der Waals surface area contributed by atoms with E-state index in [-0.39, 0.29) is 11.6 Å². The number of benzene rings is 3. The molecule has 0 amide bonds. The normalized spacial score (nSPS) is 13.6. The van der Waals surface area contributed by atoms with Gasteiger partial charge in [-0.1, -0.05) is 30.3 Å². The Bertz CT molecular complexity index is 1610. The minimum Gasteiger partial charge on any atom is -0.493 e. The lowest BCUT2D eigenvalue weighted by Gasteiger charge is -2.29. The van der Waals surface area contributed by atoms with Crippen molar-refractivity contribution in [1.82, 2.24) is 4.98 Å². The van der Waals surface area contributed by atoms with Crippen molar-refractivity contribution in [2.24, 2.45) is 0 Å². The molecule has 7 nitrogen and oxygen atoms in total. The van der Waals surface area contributed by atoms with Crippen molar-refractivity contribution in [3.05, 3.63) is 94.9 Å². The number of anilines is 1. The zero-order valence-corrected chi connectivity index (χ0v) is 24.9. The number of hydrogen-bond donors (Lipinski definition) is 2. The number of nitrogens with zero attached hydrogens (tertiary/aromatic N) is 1. The molecule has 5 rings (SSSR count). The van der Waals surface area contributed by atoms with Crippen LogP contribution in [-0.2, 0) is 22.4 Å². The summed E-state index contributed by atoms with van der Waals surface area (Å²) in [6.07, 6.45) is 1.12. The Labute approximate surface area is 251 Å². The van der Waals surface area contributed by atoms with E-state index in [1.807, 2.05) is 57.2 Å². The van der Waals surface area contributed by atoms with Gasteiger partial charge in [0.25, 0.3) is 0 Å². The van der Waals surface area contributed by atoms with Crippen LogP contribution in [0.4, 0.5) is 10.2 Å². The van der Waals surface area contributed by atoms with Crippen LogP contribution in [0.3, 0.4) is 0 Å². The second-order valence-electron chi connectivity index (χ2n) is 11.7.